The Morgan fingerprint density at radius 3 is 2.36 bits per heavy atom. The Bertz CT molecular complexity index is 278. The van der Waals surface area contributed by atoms with Crippen molar-refractivity contribution < 1.29 is 9.53 Å². The number of hydrogen-bond donors (Lipinski definition) is 0. The molecule has 2 heteroatoms. The number of rotatable bonds is 3. The van der Waals surface area contributed by atoms with Crippen LogP contribution in [0.3, 0.4) is 0 Å². The molecule has 14 heavy (non-hydrogen) atoms. The van der Waals surface area contributed by atoms with E-state index in [0.717, 1.165) is 11.6 Å². The van der Waals surface area contributed by atoms with E-state index in [-0.39, 0.29) is 5.97 Å². The molecular formula is C12H14O2. The topological polar surface area (TPSA) is 26.3 Å². The number of ether oxygens (including phenoxy) is 1. The van der Waals surface area contributed by atoms with Gasteiger partial charge in [0.2, 0.25) is 0 Å². The van der Waals surface area contributed by atoms with Crippen molar-refractivity contribution in [2.24, 2.45) is 0 Å². The highest BCUT2D eigenvalue weighted by Crippen LogP contribution is 2.00. The molecule has 0 aromatic heterocycles. The number of hydrogen-bond acceptors (Lipinski definition) is 2. The van der Waals surface area contributed by atoms with Crippen LogP contribution in [-0.2, 0) is 16.1 Å². The van der Waals surface area contributed by atoms with Gasteiger partial charge in [0, 0.05) is 6.08 Å². The highest BCUT2D eigenvalue weighted by Gasteiger charge is 1.95. The number of carbonyl (C=O) groups excluding carboxylic acids is 1. The molecular weight excluding hydrogens is 176 g/mol. The summed E-state index contributed by atoms with van der Waals surface area (Å²) < 4.78 is 4.82. The zero-order chi connectivity index (χ0) is 10.8. The Balaban J connectivity index is 0.000000791. The fourth-order valence-corrected chi connectivity index (χ4v) is 0.788. The molecule has 0 spiro atoms. The smallest absolute Gasteiger partial charge is 0.330 e. The van der Waals surface area contributed by atoms with Crippen molar-refractivity contribution in [1.82, 2.24) is 0 Å². The van der Waals surface area contributed by atoms with Crippen molar-refractivity contribution >= 4 is 5.97 Å². The van der Waals surface area contributed by atoms with Crippen LogP contribution in [-0.4, -0.2) is 5.97 Å². The molecule has 74 valence electrons. The second kappa shape index (κ2) is 7.80. The first-order valence-corrected chi connectivity index (χ1v) is 4.16. The predicted octanol–water partition coefficient (Wildman–Crippen LogP) is 2.72. The van der Waals surface area contributed by atoms with E-state index in [1.807, 2.05) is 30.3 Å². The first kappa shape index (κ1) is 12.2. The average molecular weight is 190 g/mol. The van der Waals surface area contributed by atoms with Gasteiger partial charge in [0.15, 0.2) is 0 Å². The van der Waals surface area contributed by atoms with E-state index < -0.39 is 0 Å². The molecule has 0 N–H and O–H groups in total. The molecule has 1 aromatic rings. The minimum absolute atomic E-state index is 0.311. The third-order valence-corrected chi connectivity index (χ3v) is 1.39. The van der Waals surface area contributed by atoms with E-state index in [2.05, 4.69) is 19.7 Å². The molecule has 1 rings (SSSR count). The minimum Gasteiger partial charge on any atom is -0.458 e. The number of esters is 1. The molecule has 0 unspecified atom stereocenters. The van der Waals surface area contributed by atoms with Crippen molar-refractivity contribution in [3.05, 3.63) is 61.7 Å². The van der Waals surface area contributed by atoms with Gasteiger partial charge in [0.25, 0.3) is 0 Å². The Kier molecular flexibility index (Phi) is 6.78. The summed E-state index contributed by atoms with van der Waals surface area (Å²) in [6.45, 7) is 9.61. The Labute approximate surface area is 84.5 Å². The highest BCUT2D eigenvalue weighted by molar-refractivity contribution is 5.81. The molecule has 0 radical (unpaired) electrons. The van der Waals surface area contributed by atoms with Gasteiger partial charge in [-0.1, -0.05) is 36.9 Å². The van der Waals surface area contributed by atoms with Crippen molar-refractivity contribution in [2.75, 3.05) is 0 Å². The van der Waals surface area contributed by atoms with Crippen LogP contribution in [0.15, 0.2) is 56.1 Å². The van der Waals surface area contributed by atoms with Crippen LogP contribution in [0.2, 0.25) is 0 Å². The van der Waals surface area contributed by atoms with Crippen LogP contribution in [0.1, 0.15) is 5.56 Å². The van der Waals surface area contributed by atoms with Gasteiger partial charge in [0.1, 0.15) is 6.61 Å². The van der Waals surface area contributed by atoms with E-state index in [0.29, 0.717) is 6.61 Å². The van der Waals surface area contributed by atoms with E-state index in [1.54, 1.807) is 0 Å². The maximum atomic E-state index is 10.6. The Hall–Kier alpha value is -1.83. The average Bonchev–Trinajstić information content (AvgIpc) is 2.30. The molecule has 0 bridgehead atoms. The van der Waals surface area contributed by atoms with Crippen LogP contribution < -0.4 is 0 Å². The quantitative estimate of drug-likeness (QED) is 0.416. The molecule has 1 aromatic carbocycles. The summed E-state index contributed by atoms with van der Waals surface area (Å²) in [5, 5.41) is 0. The van der Waals surface area contributed by atoms with Gasteiger partial charge < -0.3 is 4.74 Å². The molecule has 0 aliphatic heterocycles. The molecule has 0 amide bonds. The van der Waals surface area contributed by atoms with Crippen molar-refractivity contribution in [3.8, 4) is 0 Å². The monoisotopic (exact) mass is 190 g/mol. The van der Waals surface area contributed by atoms with Gasteiger partial charge >= 0.3 is 5.97 Å². The molecule has 0 fully saturated rings. The molecule has 0 saturated heterocycles. The fourth-order valence-electron chi connectivity index (χ4n) is 0.788. The second-order valence-electron chi connectivity index (χ2n) is 2.30. The SMILES string of the molecule is C=C.C=CC(=O)OCc1ccccc1. The van der Waals surface area contributed by atoms with Crippen LogP contribution in [0.5, 0.6) is 0 Å². The summed E-state index contributed by atoms with van der Waals surface area (Å²) >= 11 is 0. The zero-order valence-corrected chi connectivity index (χ0v) is 8.11. The van der Waals surface area contributed by atoms with E-state index in [4.69, 9.17) is 4.74 Å². The lowest BCUT2D eigenvalue weighted by atomic mass is 10.2. The Morgan fingerprint density at radius 2 is 1.86 bits per heavy atom. The normalized spacial score (nSPS) is 8.00. The third-order valence-electron chi connectivity index (χ3n) is 1.39. The third kappa shape index (κ3) is 4.93. The largest absolute Gasteiger partial charge is 0.458 e. The summed E-state index contributed by atoms with van der Waals surface area (Å²) in [4.78, 5) is 10.6. The lowest BCUT2D eigenvalue weighted by Gasteiger charge is -2.00. The van der Waals surface area contributed by atoms with Crippen molar-refractivity contribution in [2.45, 2.75) is 6.61 Å². The standard InChI is InChI=1S/C10H10O2.C2H4/c1-2-10(11)12-8-9-6-4-3-5-7-9;1-2/h2-7H,1,8H2;1-2H2. The van der Waals surface area contributed by atoms with Gasteiger partial charge in [-0.15, -0.1) is 13.2 Å². The zero-order valence-electron chi connectivity index (χ0n) is 8.11. The molecule has 0 heterocycles. The molecule has 0 atom stereocenters. The summed E-state index contributed by atoms with van der Waals surface area (Å²) in [5.41, 5.74) is 0.979. The minimum atomic E-state index is -0.390. The van der Waals surface area contributed by atoms with E-state index in [9.17, 15) is 4.79 Å². The number of benzene rings is 1. The summed E-state index contributed by atoms with van der Waals surface area (Å²) in [5.74, 6) is -0.390. The first-order chi connectivity index (χ1) is 6.83. The van der Waals surface area contributed by atoms with Crippen molar-refractivity contribution in [3.63, 3.8) is 0 Å². The van der Waals surface area contributed by atoms with Gasteiger partial charge in [-0.05, 0) is 5.56 Å². The maximum Gasteiger partial charge on any atom is 0.330 e. The van der Waals surface area contributed by atoms with E-state index in [1.165, 1.54) is 0 Å². The fraction of sp³-hybridized carbons (Fsp3) is 0.0833. The maximum absolute atomic E-state index is 10.6. The van der Waals surface area contributed by atoms with Crippen LogP contribution in [0.4, 0.5) is 0 Å². The summed E-state index contributed by atoms with van der Waals surface area (Å²) in [7, 11) is 0. The lowest BCUT2D eigenvalue weighted by Crippen LogP contribution is -1.99. The molecule has 0 aliphatic carbocycles. The first-order valence-electron chi connectivity index (χ1n) is 4.16. The van der Waals surface area contributed by atoms with Crippen LogP contribution in [0, 0.1) is 0 Å². The van der Waals surface area contributed by atoms with Gasteiger partial charge in [-0.25, -0.2) is 4.79 Å². The van der Waals surface area contributed by atoms with Gasteiger partial charge in [-0.2, -0.15) is 0 Å². The van der Waals surface area contributed by atoms with Gasteiger partial charge in [0.05, 0.1) is 0 Å². The lowest BCUT2D eigenvalue weighted by molar-refractivity contribution is -0.138. The summed E-state index contributed by atoms with van der Waals surface area (Å²) in [6.07, 6.45) is 1.16. The molecule has 0 aliphatic rings. The predicted molar refractivity (Wildman–Crippen MR) is 57.7 cm³/mol. The number of carbonyl (C=O) groups is 1. The highest BCUT2D eigenvalue weighted by atomic mass is 16.5. The second-order valence-corrected chi connectivity index (χ2v) is 2.30. The van der Waals surface area contributed by atoms with Crippen molar-refractivity contribution in [1.29, 1.82) is 0 Å². The molecule has 0 saturated carbocycles. The van der Waals surface area contributed by atoms with Crippen LogP contribution >= 0.6 is 0 Å². The van der Waals surface area contributed by atoms with Gasteiger partial charge in [-0.3, -0.25) is 0 Å². The van der Waals surface area contributed by atoms with Crippen LogP contribution in [0.25, 0.3) is 0 Å². The Morgan fingerprint density at radius 1 is 1.29 bits per heavy atom. The summed E-state index contributed by atoms with van der Waals surface area (Å²) in [6, 6.07) is 9.51. The van der Waals surface area contributed by atoms with E-state index >= 15 is 0 Å². The molecule has 2 nitrogen and oxygen atoms in total.